The van der Waals surface area contributed by atoms with Crippen LogP contribution in [0.1, 0.15) is 26.7 Å². The van der Waals surface area contributed by atoms with Gasteiger partial charge in [-0.2, -0.15) is 0 Å². The maximum absolute atomic E-state index is 14.1. The second-order valence-electron chi connectivity index (χ2n) is 10.6. The molecule has 0 saturated carbocycles. The third-order valence-corrected chi connectivity index (χ3v) is 10.8. The van der Waals surface area contributed by atoms with Gasteiger partial charge in [-0.25, -0.2) is 0 Å². The van der Waals surface area contributed by atoms with Crippen LogP contribution in [0.25, 0.3) is 0 Å². The summed E-state index contributed by atoms with van der Waals surface area (Å²) in [5.41, 5.74) is 0.698. The number of carbonyl (C=O) groups is 3. The maximum atomic E-state index is 14.1. The van der Waals surface area contributed by atoms with Crippen LogP contribution in [0, 0.1) is 17.8 Å². The molecule has 10 heteroatoms. The first-order chi connectivity index (χ1) is 17.9. The van der Waals surface area contributed by atoms with Crippen molar-refractivity contribution in [3.8, 4) is 0 Å². The summed E-state index contributed by atoms with van der Waals surface area (Å²) in [6, 6.07) is 8.11. The Kier molecular flexibility index (Phi) is 7.81. The minimum absolute atomic E-state index is 0.0207. The van der Waals surface area contributed by atoms with E-state index in [9.17, 15) is 19.5 Å². The number of anilines is 1. The zero-order chi connectivity index (χ0) is 26.2. The van der Waals surface area contributed by atoms with Crippen LogP contribution >= 0.6 is 11.8 Å². The largest absolute Gasteiger partial charge is 0.394 e. The van der Waals surface area contributed by atoms with Gasteiger partial charge in [0.2, 0.25) is 17.7 Å². The first kappa shape index (κ1) is 26.5. The topological polar surface area (TPSA) is 111 Å². The third-order valence-electron chi connectivity index (χ3n) is 8.68. The minimum atomic E-state index is -0.716. The summed E-state index contributed by atoms with van der Waals surface area (Å²) >= 11 is 1.66. The first-order valence-electron chi connectivity index (χ1n) is 13.5. The van der Waals surface area contributed by atoms with Gasteiger partial charge in [0.05, 0.1) is 42.4 Å². The molecule has 0 aliphatic carbocycles. The third kappa shape index (κ3) is 4.56. The van der Waals surface area contributed by atoms with Crippen molar-refractivity contribution in [2.24, 2.45) is 17.8 Å². The molecule has 202 valence electrons. The van der Waals surface area contributed by atoms with Crippen LogP contribution in [0.15, 0.2) is 30.3 Å². The molecule has 37 heavy (non-hydrogen) atoms. The number of likely N-dealkylation sites (tertiary alicyclic amines) is 1. The number of aliphatic hydroxyl groups excluding tert-OH is 1. The molecule has 4 heterocycles. The summed E-state index contributed by atoms with van der Waals surface area (Å²) in [6.45, 7) is 8.07. The molecule has 3 unspecified atom stereocenters. The molecule has 1 aromatic rings. The van der Waals surface area contributed by atoms with E-state index in [1.54, 1.807) is 16.7 Å². The van der Waals surface area contributed by atoms with Crippen molar-refractivity contribution in [3.63, 3.8) is 0 Å². The summed E-state index contributed by atoms with van der Waals surface area (Å²) in [7, 11) is 0. The molecule has 5 rings (SSSR count). The van der Waals surface area contributed by atoms with Crippen LogP contribution < -0.4 is 10.6 Å². The van der Waals surface area contributed by atoms with Gasteiger partial charge >= 0.3 is 0 Å². The van der Waals surface area contributed by atoms with Crippen molar-refractivity contribution in [1.82, 2.24) is 15.1 Å². The van der Waals surface area contributed by atoms with Crippen molar-refractivity contribution in [1.29, 1.82) is 0 Å². The Morgan fingerprint density at radius 1 is 1.22 bits per heavy atom. The van der Waals surface area contributed by atoms with Crippen molar-refractivity contribution < 1.29 is 24.2 Å². The Hall–Kier alpha value is -2.14. The zero-order valence-electron chi connectivity index (χ0n) is 21.6. The van der Waals surface area contributed by atoms with E-state index in [4.69, 9.17) is 4.74 Å². The Labute approximate surface area is 222 Å². The van der Waals surface area contributed by atoms with Crippen LogP contribution in [0.3, 0.4) is 0 Å². The number of fused-ring (bicyclic) bond motifs is 1. The Morgan fingerprint density at radius 2 is 1.95 bits per heavy atom. The van der Waals surface area contributed by atoms with Gasteiger partial charge in [0.1, 0.15) is 6.04 Å². The number of rotatable bonds is 9. The van der Waals surface area contributed by atoms with E-state index >= 15 is 0 Å². The number of ether oxygens (including phenoxy) is 1. The molecule has 4 saturated heterocycles. The molecular weight excluding hydrogens is 492 g/mol. The average Bonchev–Trinajstić information content (AvgIpc) is 3.50. The lowest BCUT2D eigenvalue weighted by atomic mass is 9.66. The fraction of sp³-hybridized carbons (Fsp3) is 0.667. The molecule has 9 nitrogen and oxygen atoms in total. The zero-order valence-corrected chi connectivity index (χ0v) is 22.4. The van der Waals surface area contributed by atoms with Gasteiger partial charge in [-0.15, -0.1) is 11.8 Å². The fourth-order valence-corrected chi connectivity index (χ4v) is 9.28. The van der Waals surface area contributed by atoms with Crippen molar-refractivity contribution in [3.05, 3.63) is 30.3 Å². The predicted molar refractivity (Wildman–Crippen MR) is 142 cm³/mol. The van der Waals surface area contributed by atoms with E-state index < -0.39 is 28.7 Å². The molecule has 1 aromatic carbocycles. The van der Waals surface area contributed by atoms with Gasteiger partial charge in [0, 0.05) is 37.1 Å². The number of para-hydroxylation sites is 1. The molecular formula is C27H38N4O5S. The Morgan fingerprint density at radius 3 is 2.62 bits per heavy atom. The fourth-order valence-electron chi connectivity index (χ4n) is 6.87. The van der Waals surface area contributed by atoms with E-state index in [2.05, 4.69) is 22.5 Å². The molecule has 0 aromatic heterocycles. The molecule has 3 N–H and O–H groups in total. The Balaban J connectivity index is 1.41. The summed E-state index contributed by atoms with van der Waals surface area (Å²) in [5.74, 6) is -1.54. The SMILES string of the molecule is CC[C@@H](CO)N1C(=O)[C@@H]2[C@@H](C(=O)Nc3ccccc3)[C@H]3CC(C)C2(S3)C1C(=O)NCCN1CCOCC1. The maximum Gasteiger partial charge on any atom is 0.244 e. The second kappa shape index (κ2) is 10.9. The van der Waals surface area contributed by atoms with Crippen LogP contribution in [0.2, 0.25) is 0 Å². The monoisotopic (exact) mass is 530 g/mol. The number of nitrogens with one attached hydrogen (secondary N) is 2. The van der Waals surface area contributed by atoms with Gasteiger partial charge in [-0.05, 0) is 30.9 Å². The summed E-state index contributed by atoms with van der Waals surface area (Å²) in [5, 5.41) is 16.3. The standard InChI is InChI=1S/C27H38N4O5S/c1-3-19(16-32)31-23(25(34)28-9-10-30-11-13-36-14-12-30)27-17(2)15-20(37-27)21(22(27)26(31)35)24(33)29-18-7-5-4-6-8-18/h4-8,17,19-23,32H,3,9-16H2,1-2H3,(H,28,34)(H,29,33)/t17?,19-,20+,21-,22-,23?,27?/m0/s1. The van der Waals surface area contributed by atoms with E-state index in [0.29, 0.717) is 31.9 Å². The summed E-state index contributed by atoms with van der Waals surface area (Å²) < 4.78 is 4.72. The number of benzene rings is 1. The normalized spacial score (nSPS) is 33.9. The number of amides is 3. The van der Waals surface area contributed by atoms with E-state index in [0.717, 1.165) is 26.1 Å². The average molecular weight is 531 g/mol. The van der Waals surface area contributed by atoms with Gasteiger partial charge < -0.3 is 25.4 Å². The molecule has 4 aliphatic rings. The van der Waals surface area contributed by atoms with Gasteiger partial charge in [-0.1, -0.05) is 32.0 Å². The molecule has 4 aliphatic heterocycles. The Bertz CT molecular complexity index is 1000. The highest BCUT2D eigenvalue weighted by atomic mass is 32.2. The summed E-state index contributed by atoms with van der Waals surface area (Å²) in [6.07, 6.45) is 1.31. The smallest absolute Gasteiger partial charge is 0.244 e. The number of hydrogen-bond donors (Lipinski definition) is 3. The van der Waals surface area contributed by atoms with E-state index in [1.807, 2.05) is 37.3 Å². The quantitative estimate of drug-likeness (QED) is 0.440. The van der Waals surface area contributed by atoms with Crippen molar-refractivity contribution in [2.45, 2.75) is 48.8 Å². The van der Waals surface area contributed by atoms with E-state index in [-0.39, 0.29) is 35.5 Å². The summed E-state index contributed by atoms with van der Waals surface area (Å²) in [4.78, 5) is 45.4. The van der Waals surface area contributed by atoms with Gasteiger partial charge in [0.15, 0.2) is 0 Å². The van der Waals surface area contributed by atoms with Crippen LogP contribution in [-0.2, 0) is 19.1 Å². The molecule has 0 radical (unpaired) electrons. The molecule has 1 spiro atoms. The molecule has 2 bridgehead atoms. The predicted octanol–water partition coefficient (Wildman–Crippen LogP) is 1.18. The highest BCUT2D eigenvalue weighted by Gasteiger charge is 2.76. The number of carbonyl (C=O) groups excluding carboxylic acids is 3. The van der Waals surface area contributed by atoms with Gasteiger partial charge in [0.25, 0.3) is 0 Å². The lowest BCUT2D eigenvalue weighted by Crippen LogP contribution is -2.59. The van der Waals surface area contributed by atoms with Crippen molar-refractivity contribution >= 4 is 35.2 Å². The highest BCUT2D eigenvalue weighted by molar-refractivity contribution is 8.02. The number of thioether (sulfide) groups is 1. The van der Waals surface area contributed by atoms with Crippen LogP contribution in [-0.4, -0.2) is 101 Å². The minimum Gasteiger partial charge on any atom is -0.394 e. The molecule has 3 amide bonds. The van der Waals surface area contributed by atoms with Gasteiger partial charge in [-0.3, -0.25) is 19.3 Å². The van der Waals surface area contributed by atoms with E-state index in [1.165, 1.54) is 0 Å². The second-order valence-corrected chi connectivity index (χ2v) is 12.2. The lowest BCUT2D eigenvalue weighted by molar-refractivity contribution is -0.142. The number of hydrogen-bond acceptors (Lipinski definition) is 7. The number of nitrogens with zero attached hydrogens (tertiary/aromatic N) is 2. The highest BCUT2D eigenvalue weighted by Crippen LogP contribution is 2.68. The van der Waals surface area contributed by atoms with Crippen LogP contribution in [0.5, 0.6) is 0 Å². The lowest BCUT2D eigenvalue weighted by Gasteiger charge is -2.40. The van der Waals surface area contributed by atoms with Crippen molar-refractivity contribution in [2.75, 3.05) is 51.3 Å². The molecule has 7 atom stereocenters. The first-order valence-corrected chi connectivity index (χ1v) is 14.3. The molecule has 4 fully saturated rings. The van der Waals surface area contributed by atoms with Crippen LogP contribution in [0.4, 0.5) is 5.69 Å². The number of morpholine rings is 1. The number of aliphatic hydroxyl groups is 1.